The first-order valence-corrected chi connectivity index (χ1v) is 4.39. The molecule has 14 heavy (non-hydrogen) atoms. The van der Waals surface area contributed by atoms with Crippen molar-refractivity contribution in [2.45, 2.75) is 34.0 Å². The molecule has 0 unspecified atom stereocenters. The summed E-state index contributed by atoms with van der Waals surface area (Å²) in [6.07, 6.45) is 0. The lowest BCUT2D eigenvalue weighted by Crippen LogP contribution is -2.31. The van der Waals surface area contributed by atoms with E-state index in [9.17, 15) is 0 Å². The molecule has 3 heteroatoms. The highest BCUT2D eigenvalue weighted by Gasteiger charge is 2.30. The molecule has 0 spiro atoms. The van der Waals surface area contributed by atoms with Crippen molar-refractivity contribution in [3.63, 3.8) is 0 Å². The standard InChI is InChI=1S/C6H12O3.C4H8.CH4/c1-6(5-7-2)8-3-4-9-6;1-4(2)3;/h3-5H2,1-2H3;1H2,2-3H3;1H4. The molecule has 1 fully saturated rings. The highest BCUT2D eigenvalue weighted by atomic mass is 16.7. The van der Waals surface area contributed by atoms with Gasteiger partial charge in [-0.15, -0.1) is 6.58 Å². The Morgan fingerprint density at radius 1 is 1.36 bits per heavy atom. The Morgan fingerprint density at radius 2 is 1.71 bits per heavy atom. The zero-order valence-electron chi connectivity index (χ0n) is 9.05. The molecule has 0 amide bonds. The van der Waals surface area contributed by atoms with Crippen LogP contribution in [0.2, 0.25) is 0 Å². The summed E-state index contributed by atoms with van der Waals surface area (Å²) in [6, 6.07) is 0. The molecule has 0 aromatic rings. The number of ether oxygens (including phenoxy) is 3. The zero-order chi connectivity index (χ0) is 10.3. The first kappa shape index (κ1) is 16.1. The van der Waals surface area contributed by atoms with Crippen molar-refractivity contribution in [1.29, 1.82) is 0 Å². The van der Waals surface area contributed by atoms with Gasteiger partial charge in [-0.05, 0) is 20.8 Å². The fourth-order valence-electron chi connectivity index (χ4n) is 0.902. The highest BCUT2D eigenvalue weighted by Crippen LogP contribution is 2.17. The van der Waals surface area contributed by atoms with Gasteiger partial charge in [-0.1, -0.05) is 13.0 Å². The molecule has 0 aromatic carbocycles. The summed E-state index contributed by atoms with van der Waals surface area (Å²) in [5, 5.41) is 0. The van der Waals surface area contributed by atoms with Crippen LogP contribution in [0.1, 0.15) is 28.2 Å². The summed E-state index contributed by atoms with van der Waals surface area (Å²) in [7, 11) is 1.64. The van der Waals surface area contributed by atoms with Crippen LogP contribution in [0.5, 0.6) is 0 Å². The molecule has 0 bridgehead atoms. The quantitative estimate of drug-likeness (QED) is 0.647. The molecule has 0 atom stereocenters. The second-order valence-electron chi connectivity index (χ2n) is 3.47. The monoisotopic (exact) mass is 204 g/mol. The Morgan fingerprint density at radius 3 is 2.00 bits per heavy atom. The van der Waals surface area contributed by atoms with Gasteiger partial charge in [0.1, 0.15) is 0 Å². The summed E-state index contributed by atoms with van der Waals surface area (Å²) in [4.78, 5) is 0. The van der Waals surface area contributed by atoms with Crippen LogP contribution in [0.4, 0.5) is 0 Å². The minimum absolute atomic E-state index is 0. The van der Waals surface area contributed by atoms with E-state index in [-0.39, 0.29) is 7.43 Å². The van der Waals surface area contributed by atoms with Crippen molar-refractivity contribution in [3.05, 3.63) is 12.2 Å². The number of rotatable bonds is 2. The van der Waals surface area contributed by atoms with E-state index in [1.54, 1.807) is 7.11 Å². The second kappa shape index (κ2) is 7.97. The third kappa shape index (κ3) is 8.23. The fraction of sp³-hybridized carbons (Fsp3) is 0.818. The van der Waals surface area contributed by atoms with Crippen molar-refractivity contribution in [2.75, 3.05) is 26.9 Å². The van der Waals surface area contributed by atoms with E-state index in [0.717, 1.165) is 0 Å². The second-order valence-corrected chi connectivity index (χ2v) is 3.47. The smallest absolute Gasteiger partial charge is 0.189 e. The number of methoxy groups -OCH3 is 1. The molecule has 0 aliphatic carbocycles. The molecule has 3 nitrogen and oxygen atoms in total. The van der Waals surface area contributed by atoms with Crippen LogP contribution in [0.3, 0.4) is 0 Å². The molecule has 86 valence electrons. The molecule has 1 rings (SSSR count). The van der Waals surface area contributed by atoms with Crippen LogP contribution in [-0.4, -0.2) is 32.7 Å². The molecule has 0 N–H and O–H groups in total. The number of hydrogen-bond acceptors (Lipinski definition) is 3. The average Bonchev–Trinajstić information content (AvgIpc) is 2.35. The Labute approximate surface area is 88.0 Å². The SMILES string of the molecule is C.C=C(C)C.COCC1(C)OCCO1. The van der Waals surface area contributed by atoms with E-state index in [1.807, 2.05) is 20.8 Å². The van der Waals surface area contributed by atoms with Crippen LogP contribution < -0.4 is 0 Å². The lowest BCUT2D eigenvalue weighted by molar-refractivity contribution is -0.174. The summed E-state index contributed by atoms with van der Waals surface area (Å²) in [5.74, 6) is -0.477. The largest absolute Gasteiger partial charge is 0.379 e. The van der Waals surface area contributed by atoms with Gasteiger partial charge in [0.25, 0.3) is 0 Å². The van der Waals surface area contributed by atoms with Gasteiger partial charge in [0.05, 0.1) is 19.8 Å². The Hall–Kier alpha value is -0.380. The van der Waals surface area contributed by atoms with E-state index < -0.39 is 5.79 Å². The fourth-order valence-corrected chi connectivity index (χ4v) is 0.902. The lowest BCUT2D eigenvalue weighted by atomic mass is 10.3. The third-order valence-electron chi connectivity index (χ3n) is 1.30. The van der Waals surface area contributed by atoms with Crippen molar-refractivity contribution in [3.8, 4) is 0 Å². The molecular weight excluding hydrogens is 180 g/mol. The summed E-state index contributed by atoms with van der Waals surface area (Å²) in [5.41, 5.74) is 1.17. The normalized spacial score (nSPS) is 17.7. The highest BCUT2D eigenvalue weighted by molar-refractivity contribution is 4.78. The average molecular weight is 204 g/mol. The molecular formula is C11H24O3. The molecule has 0 radical (unpaired) electrons. The van der Waals surface area contributed by atoms with Gasteiger partial charge in [-0.3, -0.25) is 0 Å². The van der Waals surface area contributed by atoms with E-state index >= 15 is 0 Å². The van der Waals surface area contributed by atoms with E-state index in [2.05, 4.69) is 6.58 Å². The van der Waals surface area contributed by atoms with Gasteiger partial charge < -0.3 is 14.2 Å². The first-order valence-electron chi connectivity index (χ1n) is 4.39. The first-order chi connectivity index (χ1) is 6.00. The maximum Gasteiger partial charge on any atom is 0.189 e. The van der Waals surface area contributed by atoms with Gasteiger partial charge in [0, 0.05) is 7.11 Å². The number of allylic oxidation sites excluding steroid dienone is 1. The Bertz CT molecular complexity index is 145. The zero-order valence-corrected chi connectivity index (χ0v) is 9.05. The van der Waals surface area contributed by atoms with Crippen LogP contribution >= 0.6 is 0 Å². The van der Waals surface area contributed by atoms with Crippen molar-refractivity contribution >= 4 is 0 Å². The van der Waals surface area contributed by atoms with Crippen molar-refractivity contribution < 1.29 is 14.2 Å². The Balaban J connectivity index is 0. The molecule has 0 saturated carbocycles. The molecule has 0 aromatic heterocycles. The summed E-state index contributed by atoms with van der Waals surface area (Å²) >= 11 is 0. The van der Waals surface area contributed by atoms with E-state index in [0.29, 0.717) is 19.8 Å². The molecule has 1 aliphatic rings. The lowest BCUT2D eigenvalue weighted by Gasteiger charge is -2.20. The van der Waals surface area contributed by atoms with Crippen LogP contribution in [-0.2, 0) is 14.2 Å². The maximum atomic E-state index is 5.23. The van der Waals surface area contributed by atoms with Gasteiger partial charge in [-0.25, -0.2) is 0 Å². The van der Waals surface area contributed by atoms with Crippen molar-refractivity contribution in [2.24, 2.45) is 0 Å². The molecule has 1 heterocycles. The molecule has 1 saturated heterocycles. The molecule has 1 aliphatic heterocycles. The maximum absolute atomic E-state index is 5.23. The number of hydrogen-bond donors (Lipinski definition) is 0. The van der Waals surface area contributed by atoms with E-state index in [1.165, 1.54) is 5.57 Å². The Kier molecular flexibility index (Phi) is 9.15. The van der Waals surface area contributed by atoms with Crippen LogP contribution in [0.25, 0.3) is 0 Å². The van der Waals surface area contributed by atoms with Gasteiger partial charge in [0.2, 0.25) is 0 Å². The van der Waals surface area contributed by atoms with E-state index in [4.69, 9.17) is 14.2 Å². The van der Waals surface area contributed by atoms with Crippen LogP contribution in [0, 0.1) is 0 Å². The summed E-state index contributed by atoms with van der Waals surface area (Å²) in [6.45, 7) is 11.2. The predicted molar refractivity (Wildman–Crippen MR) is 59.4 cm³/mol. The predicted octanol–water partition coefficient (Wildman–Crippen LogP) is 2.61. The minimum atomic E-state index is -0.477. The van der Waals surface area contributed by atoms with Crippen molar-refractivity contribution in [1.82, 2.24) is 0 Å². The van der Waals surface area contributed by atoms with Crippen LogP contribution in [0.15, 0.2) is 12.2 Å². The summed E-state index contributed by atoms with van der Waals surface area (Å²) < 4.78 is 15.3. The third-order valence-corrected chi connectivity index (χ3v) is 1.30. The van der Waals surface area contributed by atoms with Gasteiger partial charge in [-0.2, -0.15) is 0 Å². The minimum Gasteiger partial charge on any atom is -0.379 e. The van der Waals surface area contributed by atoms with Gasteiger partial charge >= 0.3 is 0 Å². The van der Waals surface area contributed by atoms with Gasteiger partial charge in [0.15, 0.2) is 5.79 Å². The topological polar surface area (TPSA) is 27.7 Å².